The summed E-state index contributed by atoms with van der Waals surface area (Å²) in [4.78, 5) is 10.0. The molecular weight excluding hydrogens is 462 g/mol. The van der Waals surface area contributed by atoms with Gasteiger partial charge in [-0.1, -0.05) is 49.4 Å². The summed E-state index contributed by atoms with van der Waals surface area (Å²) in [6.07, 6.45) is 3.33. The highest BCUT2D eigenvalue weighted by molar-refractivity contribution is 5.81. The normalized spacial score (nSPS) is 15.4. The second kappa shape index (κ2) is 8.88. The van der Waals surface area contributed by atoms with Crippen LogP contribution in [-0.2, 0) is 19.3 Å². The third kappa shape index (κ3) is 4.21. The Balaban J connectivity index is 1.44. The number of aromatic amines is 1. The minimum Gasteiger partial charge on any atom is -0.390 e. The van der Waals surface area contributed by atoms with Gasteiger partial charge in [-0.3, -0.25) is 0 Å². The molecule has 0 saturated carbocycles. The topological polar surface area (TPSA) is 105 Å². The lowest BCUT2D eigenvalue weighted by atomic mass is 9.96. The van der Waals surface area contributed by atoms with Crippen LogP contribution in [0.2, 0.25) is 0 Å². The number of nitrogens with one attached hydrogen (secondary N) is 1. The van der Waals surface area contributed by atoms with E-state index in [1.165, 1.54) is 11.1 Å². The summed E-state index contributed by atoms with van der Waals surface area (Å²) in [7, 11) is 0. The Morgan fingerprint density at radius 1 is 1.08 bits per heavy atom. The minimum absolute atomic E-state index is 0.182. The van der Waals surface area contributed by atoms with E-state index in [0.29, 0.717) is 12.2 Å². The first-order valence-electron chi connectivity index (χ1n) is 12.9. The van der Waals surface area contributed by atoms with Crippen LogP contribution in [0.1, 0.15) is 61.4 Å². The third-order valence-electron chi connectivity index (χ3n) is 7.23. The number of aromatic nitrogens is 7. The number of aliphatic hydroxyl groups is 1. The molecule has 3 heterocycles. The summed E-state index contributed by atoms with van der Waals surface area (Å²) >= 11 is 0. The Morgan fingerprint density at radius 3 is 2.62 bits per heavy atom. The molecule has 8 heteroatoms. The van der Waals surface area contributed by atoms with Crippen LogP contribution >= 0.6 is 0 Å². The molecule has 3 aromatic heterocycles. The van der Waals surface area contributed by atoms with Crippen LogP contribution in [0.4, 0.5) is 0 Å². The molecular formula is C29H31N7O. The summed E-state index contributed by atoms with van der Waals surface area (Å²) in [5.41, 5.74) is 8.96. The lowest BCUT2D eigenvalue weighted by Gasteiger charge is -2.19. The third-order valence-corrected chi connectivity index (χ3v) is 7.23. The van der Waals surface area contributed by atoms with Crippen molar-refractivity contribution >= 4 is 11.2 Å². The van der Waals surface area contributed by atoms with Crippen LogP contribution in [0.5, 0.6) is 0 Å². The first-order chi connectivity index (χ1) is 17.8. The van der Waals surface area contributed by atoms with Gasteiger partial charge in [0.2, 0.25) is 0 Å². The molecule has 1 aliphatic rings. The Labute approximate surface area is 215 Å². The van der Waals surface area contributed by atoms with Crippen molar-refractivity contribution in [2.24, 2.45) is 0 Å². The number of hydrogen-bond acceptors (Lipinski definition) is 6. The average molecular weight is 494 g/mol. The number of pyridine rings is 1. The molecule has 37 heavy (non-hydrogen) atoms. The van der Waals surface area contributed by atoms with E-state index in [4.69, 9.17) is 9.97 Å². The summed E-state index contributed by atoms with van der Waals surface area (Å²) < 4.78 is 2.34. The number of imidazole rings is 1. The molecule has 0 amide bonds. The fourth-order valence-corrected chi connectivity index (χ4v) is 5.68. The van der Waals surface area contributed by atoms with Gasteiger partial charge >= 0.3 is 0 Å². The van der Waals surface area contributed by atoms with Gasteiger partial charge in [-0.15, -0.1) is 5.10 Å². The smallest absolute Gasteiger partial charge is 0.180 e. The largest absolute Gasteiger partial charge is 0.390 e. The van der Waals surface area contributed by atoms with Gasteiger partial charge < -0.3 is 9.67 Å². The summed E-state index contributed by atoms with van der Waals surface area (Å²) in [6, 6.07) is 17.2. The molecule has 0 radical (unpaired) electrons. The molecule has 0 unspecified atom stereocenters. The van der Waals surface area contributed by atoms with Crippen molar-refractivity contribution in [1.82, 2.24) is 35.2 Å². The fraction of sp³-hybridized carbons (Fsp3) is 0.345. The van der Waals surface area contributed by atoms with Crippen LogP contribution in [0.3, 0.4) is 0 Å². The molecule has 1 atom stereocenters. The van der Waals surface area contributed by atoms with E-state index in [1.807, 2.05) is 32.0 Å². The summed E-state index contributed by atoms with van der Waals surface area (Å²) in [5.74, 6) is 1.71. The molecule has 6 rings (SSSR count). The van der Waals surface area contributed by atoms with E-state index in [0.717, 1.165) is 64.2 Å². The second-order valence-corrected chi connectivity index (χ2v) is 10.6. The molecule has 0 bridgehead atoms. The van der Waals surface area contributed by atoms with Crippen molar-refractivity contribution < 1.29 is 5.11 Å². The standard InChI is InChI=1S/C29H31N7O/c1-5-25-31-26-17(2)14-20(16-29(3,4)37)30-28(26)36(25)24-13-11-19-15-18(10-12-22(19)24)21-8-6-7-9-23(21)27-32-34-35-33-27/h6-10,12,14-15,24,37H,5,11,13,16H2,1-4H3,(H,32,33,34,35)/t24-/m0/s1. The summed E-state index contributed by atoms with van der Waals surface area (Å²) in [5, 5.41) is 24.9. The first kappa shape index (κ1) is 23.5. The molecule has 188 valence electrons. The zero-order valence-corrected chi connectivity index (χ0v) is 21.7. The quantitative estimate of drug-likeness (QED) is 0.345. The zero-order valence-electron chi connectivity index (χ0n) is 21.7. The number of benzene rings is 2. The number of aryl methyl sites for hydroxylation is 3. The Hall–Kier alpha value is -3.91. The maximum Gasteiger partial charge on any atom is 0.180 e. The van der Waals surface area contributed by atoms with Gasteiger partial charge in [-0.25, -0.2) is 15.1 Å². The molecule has 0 fully saturated rings. The van der Waals surface area contributed by atoms with Crippen molar-refractivity contribution in [2.45, 2.75) is 65.0 Å². The summed E-state index contributed by atoms with van der Waals surface area (Å²) in [6.45, 7) is 7.89. The van der Waals surface area contributed by atoms with E-state index < -0.39 is 5.60 Å². The van der Waals surface area contributed by atoms with Crippen molar-refractivity contribution in [3.8, 4) is 22.5 Å². The maximum absolute atomic E-state index is 10.4. The predicted molar refractivity (Wildman–Crippen MR) is 143 cm³/mol. The van der Waals surface area contributed by atoms with Gasteiger partial charge in [-0.2, -0.15) is 0 Å². The predicted octanol–water partition coefficient (Wildman–Crippen LogP) is 5.00. The van der Waals surface area contributed by atoms with Crippen LogP contribution in [0, 0.1) is 6.92 Å². The fourth-order valence-electron chi connectivity index (χ4n) is 5.68. The van der Waals surface area contributed by atoms with Crippen LogP contribution in [0.25, 0.3) is 33.7 Å². The van der Waals surface area contributed by atoms with Gasteiger partial charge in [0.25, 0.3) is 0 Å². The Kier molecular flexibility index (Phi) is 5.64. The molecule has 8 nitrogen and oxygen atoms in total. The number of rotatable bonds is 6. The highest BCUT2D eigenvalue weighted by Crippen LogP contribution is 2.40. The minimum atomic E-state index is -0.819. The van der Waals surface area contributed by atoms with Crippen molar-refractivity contribution in [3.63, 3.8) is 0 Å². The number of fused-ring (bicyclic) bond motifs is 2. The molecule has 5 aromatic rings. The number of H-pyrrole nitrogens is 1. The van der Waals surface area contributed by atoms with E-state index in [9.17, 15) is 5.11 Å². The zero-order chi connectivity index (χ0) is 25.7. The van der Waals surface area contributed by atoms with E-state index in [2.05, 4.69) is 69.4 Å². The lowest BCUT2D eigenvalue weighted by molar-refractivity contribution is 0.0800. The Bertz CT molecular complexity index is 1600. The number of tetrazole rings is 1. The van der Waals surface area contributed by atoms with E-state index >= 15 is 0 Å². The highest BCUT2D eigenvalue weighted by Gasteiger charge is 2.29. The number of nitrogens with zero attached hydrogens (tertiary/aromatic N) is 6. The molecule has 0 aliphatic heterocycles. The van der Waals surface area contributed by atoms with Crippen LogP contribution in [0.15, 0.2) is 48.5 Å². The average Bonchev–Trinajstić information content (AvgIpc) is 3.61. The second-order valence-electron chi connectivity index (χ2n) is 10.6. The molecule has 2 aromatic carbocycles. The SMILES string of the molecule is CCc1nc2c(C)cc(CC(C)(C)O)nc2n1[C@H]1CCc2cc(-c3ccccc3-c3nnn[nH]3)ccc21. The van der Waals surface area contributed by atoms with Gasteiger partial charge in [0, 0.05) is 24.1 Å². The monoisotopic (exact) mass is 493 g/mol. The van der Waals surface area contributed by atoms with Crippen molar-refractivity contribution in [3.05, 3.63) is 76.7 Å². The number of hydrogen-bond donors (Lipinski definition) is 2. The van der Waals surface area contributed by atoms with Gasteiger partial charge in [0.15, 0.2) is 11.5 Å². The molecule has 2 N–H and O–H groups in total. The maximum atomic E-state index is 10.4. The molecule has 0 spiro atoms. The van der Waals surface area contributed by atoms with E-state index in [-0.39, 0.29) is 6.04 Å². The van der Waals surface area contributed by atoms with Gasteiger partial charge in [-0.05, 0) is 77.9 Å². The van der Waals surface area contributed by atoms with Crippen molar-refractivity contribution in [2.75, 3.05) is 0 Å². The molecule has 0 saturated heterocycles. The van der Waals surface area contributed by atoms with Crippen molar-refractivity contribution in [1.29, 1.82) is 0 Å². The van der Waals surface area contributed by atoms with Gasteiger partial charge in [0.05, 0.1) is 11.6 Å². The molecule has 1 aliphatic carbocycles. The van der Waals surface area contributed by atoms with Crippen LogP contribution in [-0.4, -0.2) is 45.9 Å². The van der Waals surface area contributed by atoms with E-state index in [1.54, 1.807) is 0 Å². The lowest BCUT2D eigenvalue weighted by Crippen LogP contribution is -2.22. The van der Waals surface area contributed by atoms with Crippen LogP contribution < -0.4 is 0 Å². The highest BCUT2D eigenvalue weighted by atomic mass is 16.3. The van der Waals surface area contributed by atoms with Gasteiger partial charge in [0.1, 0.15) is 11.3 Å². The Morgan fingerprint density at radius 2 is 1.89 bits per heavy atom. The first-order valence-corrected chi connectivity index (χ1v) is 12.9.